The lowest BCUT2D eigenvalue weighted by Crippen LogP contribution is -2.38. The normalized spacial score (nSPS) is 13.4. The minimum Gasteiger partial charge on any atom is -0.306 e. The Kier molecular flexibility index (Phi) is 4.39. The molecule has 2 aliphatic heterocycles. The SMILES string of the molecule is O=c1c(=Cc2cc3c4c(c2)Sc2ccccc2N4c2ccccc2S3)c(=O)c2cccc3cccc1c32. The molecule has 0 bridgehead atoms. The van der Waals surface area contributed by atoms with Gasteiger partial charge in [-0.15, -0.1) is 0 Å². The second-order valence-corrected chi connectivity index (χ2v) is 11.4. The number of benzene rings is 6. The van der Waals surface area contributed by atoms with Gasteiger partial charge in [-0.3, -0.25) is 9.59 Å². The maximum atomic E-state index is 13.5. The molecule has 8 rings (SSSR count). The molecule has 0 aromatic heterocycles. The van der Waals surface area contributed by atoms with E-state index in [1.807, 2.05) is 36.4 Å². The number of nitrogens with zero attached hydrogens (tertiary/aromatic N) is 1. The molecule has 6 aromatic rings. The first-order chi connectivity index (χ1) is 18.2. The van der Waals surface area contributed by atoms with Crippen LogP contribution in [0, 0.1) is 0 Å². The van der Waals surface area contributed by atoms with E-state index >= 15 is 0 Å². The molecule has 0 fully saturated rings. The van der Waals surface area contributed by atoms with E-state index in [4.69, 9.17) is 0 Å². The van der Waals surface area contributed by atoms with E-state index in [2.05, 4.69) is 65.6 Å². The lowest BCUT2D eigenvalue weighted by Gasteiger charge is -2.38. The van der Waals surface area contributed by atoms with Crippen LogP contribution in [0.2, 0.25) is 0 Å². The summed E-state index contributed by atoms with van der Waals surface area (Å²) >= 11 is 3.46. The van der Waals surface area contributed by atoms with Crippen molar-refractivity contribution in [2.45, 2.75) is 19.6 Å². The zero-order valence-electron chi connectivity index (χ0n) is 19.4. The van der Waals surface area contributed by atoms with Crippen LogP contribution in [0.25, 0.3) is 27.6 Å². The Balaban J connectivity index is 1.41. The third kappa shape index (κ3) is 2.98. The van der Waals surface area contributed by atoms with Gasteiger partial charge in [-0.25, -0.2) is 0 Å². The fraction of sp³-hybridized carbons (Fsp3) is 0. The van der Waals surface area contributed by atoms with Crippen molar-refractivity contribution in [3.8, 4) is 0 Å². The van der Waals surface area contributed by atoms with Crippen molar-refractivity contribution in [1.82, 2.24) is 0 Å². The molecule has 0 amide bonds. The molecule has 0 unspecified atom stereocenters. The van der Waals surface area contributed by atoms with Crippen molar-refractivity contribution >= 4 is 68.2 Å². The van der Waals surface area contributed by atoms with E-state index in [1.165, 1.54) is 21.2 Å². The zero-order valence-corrected chi connectivity index (χ0v) is 21.0. The summed E-state index contributed by atoms with van der Waals surface area (Å²) in [5.74, 6) is 0. The van der Waals surface area contributed by atoms with Crippen molar-refractivity contribution in [2.24, 2.45) is 0 Å². The van der Waals surface area contributed by atoms with Crippen LogP contribution in [0.3, 0.4) is 0 Å². The van der Waals surface area contributed by atoms with E-state index in [1.54, 1.807) is 29.6 Å². The summed E-state index contributed by atoms with van der Waals surface area (Å²) in [7, 11) is 0. The molecule has 6 aromatic carbocycles. The van der Waals surface area contributed by atoms with Crippen LogP contribution >= 0.6 is 23.5 Å². The zero-order chi connectivity index (χ0) is 24.7. The lowest BCUT2D eigenvalue weighted by atomic mass is 9.98. The first-order valence-electron chi connectivity index (χ1n) is 12.0. The predicted octanol–water partition coefficient (Wildman–Crippen LogP) is 7.10. The highest BCUT2D eigenvalue weighted by molar-refractivity contribution is 8.00. The predicted molar refractivity (Wildman–Crippen MR) is 153 cm³/mol. The maximum absolute atomic E-state index is 13.5. The van der Waals surface area contributed by atoms with Crippen molar-refractivity contribution in [3.63, 3.8) is 0 Å². The van der Waals surface area contributed by atoms with Crippen LogP contribution in [0.1, 0.15) is 5.56 Å². The van der Waals surface area contributed by atoms with Crippen molar-refractivity contribution in [2.75, 3.05) is 4.90 Å². The molecule has 2 aliphatic rings. The molecule has 0 spiro atoms. The van der Waals surface area contributed by atoms with Crippen LogP contribution in [-0.4, -0.2) is 0 Å². The maximum Gasteiger partial charge on any atom is 0.197 e. The van der Waals surface area contributed by atoms with Crippen molar-refractivity contribution in [3.05, 3.63) is 128 Å². The molecule has 2 heterocycles. The number of para-hydroxylation sites is 2. The highest BCUT2D eigenvalue weighted by atomic mass is 32.2. The summed E-state index contributed by atoms with van der Waals surface area (Å²) in [6.45, 7) is 0. The van der Waals surface area contributed by atoms with E-state index < -0.39 is 0 Å². The number of anilines is 3. The first-order valence-corrected chi connectivity index (χ1v) is 13.7. The van der Waals surface area contributed by atoms with Crippen molar-refractivity contribution in [1.29, 1.82) is 0 Å². The minimum atomic E-state index is -0.210. The van der Waals surface area contributed by atoms with Gasteiger partial charge in [0.25, 0.3) is 0 Å². The van der Waals surface area contributed by atoms with Crippen LogP contribution in [0.5, 0.6) is 0 Å². The quantitative estimate of drug-likeness (QED) is 0.235. The van der Waals surface area contributed by atoms with E-state index in [9.17, 15) is 9.59 Å². The summed E-state index contributed by atoms with van der Waals surface area (Å²) in [4.78, 5) is 34.0. The average Bonchev–Trinajstić information content (AvgIpc) is 2.93. The average molecular weight is 512 g/mol. The van der Waals surface area contributed by atoms with Gasteiger partial charge < -0.3 is 4.90 Å². The number of hydrogen-bond acceptors (Lipinski definition) is 5. The molecule has 3 nitrogen and oxygen atoms in total. The van der Waals surface area contributed by atoms with Gasteiger partial charge in [-0.05, 0) is 53.4 Å². The Morgan fingerprint density at radius 2 is 1.14 bits per heavy atom. The molecule has 0 aliphatic carbocycles. The Hall–Kier alpha value is -4.06. The van der Waals surface area contributed by atoms with Gasteiger partial charge >= 0.3 is 0 Å². The van der Waals surface area contributed by atoms with Gasteiger partial charge in [0.15, 0.2) is 10.9 Å². The van der Waals surface area contributed by atoms with E-state index in [0.717, 1.165) is 31.8 Å². The Morgan fingerprint density at radius 3 is 1.70 bits per heavy atom. The lowest BCUT2D eigenvalue weighted by molar-refractivity contribution is 1.08. The molecule has 0 atom stereocenters. The Morgan fingerprint density at radius 1 is 0.595 bits per heavy atom. The molecule has 0 N–H and O–H groups in total. The topological polar surface area (TPSA) is 37.4 Å². The second-order valence-electron chi connectivity index (χ2n) is 9.27. The van der Waals surface area contributed by atoms with Crippen LogP contribution in [0.4, 0.5) is 17.1 Å². The fourth-order valence-electron chi connectivity index (χ4n) is 5.54. The monoisotopic (exact) mass is 511 g/mol. The smallest absolute Gasteiger partial charge is 0.197 e. The molecule has 0 saturated heterocycles. The van der Waals surface area contributed by atoms with Crippen LogP contribution in [0.15, 0.2) is 126 Å². The third-order valence-electron chi connectivity index (χ3n) is 7.13. The minimum absolute atomic E-state index is 0.210. The molecular weight excluding hydrogens is 494 g/mol. The highest BCUT2D eigenvalue weighted by Crippen LogP contribution is 2.60. The van der Waals surface area contributed by atoms with E-state index in [-0.39, 0.29) is 16.1 Å². The molecule has 0 radical (unpaired) electrons. The van der Waals surface area contributed by atoms with Gasteiger partial charge in [0.05, 0.1) is 22.3 Å². The Labute approximate surface area is 220 Å². The van der Waals surface area contributed by atoms with Gasteiger partial charge in [-0.2, -0.15) is 0 Å². The number of hydrogen-bond donors (Lipinski definition) is 0. The summed E-state index contributed by atoms with van der Waals surface area (Å²) in [5.41, 5.74) is 3.93. The number of fused-ring (bicyclic) bond motifs is 4. The third-order valence-corrected chi connectivity index (χ3v) is 9.32. The van der Waals surface area contributed by atoms with Crippen molar-refractivity contribution < 1.29 is 0 Å². The molecule has 5 heteroatoms. The summed E-state index contributed by atoms with van der Waals surface area (Å²) < 4.78 is 0. The van der Waals surface area contributed by atoms with Gasteiger partial charge in [0.1, 0.15) is 0 Å². The van der Waals surface area contributed by atoms with Gasteiger partial charge in [0.2, 0.25) is 0 Å². The summed E-state index contributed by atoms with van der Waals surface area (Å²) in [6, 6.07) is 32.4. The molecular formula is C32H17NO2S2. The van der Waals surface area contributed by atoms with Gasteiger partial charge in [-0.1, -0.05) is 84.2 Å². The summed E-state index contributed by atoms with van der Waals surface area (Å²) in [5, 5.41) is 3.08. The standard InChI is InChI=1S/C32H17NO2S2/c34-31-20-9-5-7-19-8-6-10-21(29(19)20)32(35)22(31)15-18-16-27-30-28(17-18)37-26-14-4-2-12-24(26)33(30)23-11-1-3-13-25(23)36-27/h1-17H. The molecule has 0 saturated carbocycles. The van der Waals surface area contributed by atoms with Crippen LogP contribution in [-0.2, 0) is 0 Å². The van der Waals surface area contributed by atoms with Gasteiger partial charge in [0, 0.05) is 35.7 Å². The highest BCUT2D eigenvalue weighted by Gasteiger charge is 2.32. The fourth-order valence-corrected chi connectivity index (χ4v) is 7.88. The second kappa shape index (κ2) is 7.72. The molecule has 174 valence electrons. The number of rotatable bonds is 1. The van der Waals surface area contributed by atoms with Crippen LogP contribution < -0.4 is 21.0 Å². The molecule has 37 heavy (non-hydrogen) atoms. The Bertz CT molecular complexity index is 1970. The largest absolute Gasteiger partial charge is 0.306 e. The first kappa shape index (κ1) is 21.1. The summed E-state index contributed by atoms with van der Waals surface area (Å²) in [6.07, 6.45) is 1.78. The van der Waals surface area contributed by atoms with E-state index in [0.29, 0.717) is 10.8 Å².